The zero-order chi connectivity index (χ0) is 12.3. The van der Waals surface area contributed by atoms with Crippen LogP contribution in [0, 0.1) is 0 Å². The summed E-state index contributed by atoms with van der Waals surface area (Å²) in [6.45, 7) is 5.79. The minimum Gasteiger partial charge on any atom is -0.289 e. The smallest absolute Gasteiger partial charge is 0.184 e. The van der Waals surface area contributed by atoms with Crippen LogP contribution in [0.1, 0.15) is 25.3 Å². The summed E-state index contributed by atoms with van der Waals surface area (Å²) in [7, 11) is 0. The van der Waals surface area contributed by atoms with E-state index in [-0.39, 0.29) is 5.78 Å². The lowest BCUT2D eigenvalue weighted by Crippen LogP contribution is -1.94. The molecule has 0 atom stereocenters. The van der Waals surface area contributed by atoms with Crippen LogP contribution in [0.3, 0.4) is 0 Å². The van der Waals surface area contributed by atoms with Crippen molar-refractivity contribution < 1.29 is 4.79 Å². The molecule has 1 saturated carbocycles. The Balaban J connectivity index is 2.20. The maximum absolute atomic E-state index is 11.7. The third-order valence-electron chi connectivity index (χ3n) is 2.90. The van der Waals surface area contributed by atoms with E-state index >= 15 is 0 Å². The van der Waals surface area contributed by atoms with Crippen molar-refractivity contribution in [3.63, 3.8) is 0 Å². The molecule has 1 nitrogen and oxygen atoms in total. The number of ketones is 1. The van der Waals surface area contributed by atoms with Gasteiger partial charge in [-0.3, -0.25) is 4.79 Å². The molecule has 1 aromatic carbocycles. The van der Waals surface area contributed by atoms with Gasteiger partial charge in [-0.15, -0.1) is 0 Å². The van der Waals surface area contributed by atoms with Crippen molar-refractivity contribution in [3.8, 4) is 0 Å². The summed E-state index contributed by atoms with van der Waals surface area (Å²) in [4.78, 5) is 11.7. The first-order valence-electron chi connectivity index (χ1n) is 5.83. The maximum Gasteiger partial charge on any atom is 0.184 e. The van der Waals surface area contributed by atoms with Gasteiger partial charge >= 0.3 is 0 Å². The Hall–Kier alpha value is -1.89. The van der Waals surface area contributed by atoms with E-state index in [9.17, 15) is 4.79 Å². The monoisotopic (exact) mass is 224 g/mol. The summed E-state index contributed by atoms with van der Waals surface area (Å²) >= 11 is 0. The van der Waals surface area contributed by atoms with Crippen molar-refractivity contribution >= 4 is 11.9 Å². The van der Waals surface area contributed by atoms with Crippen molar-refractivity contribution in [1.29, 1.82) is 0 Å². The minimum atomic E-state index is 0.130. The lowest BCUT2D eigenvalue weighted by Gasteiger charge is -1.97. The molecule has 17 heavy (non-hydrogen) atoms. The number of carbonyl (C=O) groups excluding carboxylic acids is 1. The Morgan fingerprint density at radius 2 is 1.94 bits per heavy atom. The standard InChI is InChI=1S/C16H16O/c1-12(10-14-6-4-3-5-7-14)11-15-9-8-13(2)16(15)17/h3-7,10-11H,2,8-9H2,1H3. The summed E-state index contributed by atoms with van der Waals surface area (Å²) in [6, 6.07) is 10.1. The van der Waals surface area contributed by atoms with Crippen molar-refractivity contribution in [1.82, 2.24) is 0 Å². The van der Waals surface area contributed by atoms with E-state index in [0.29, 0.717) is 0 Å². The Bertz CT molecular complexity index is 504. The van der Waals surface area contributed by atoms with Gasteiger partial charge in [0.1, 0.15) is 0 Å². The molecule has 1 aliphatic carbocycles. The predicted octanol–water partition coefficient (Wildman–Crippen LogP) is 3.94. The molecule has 2 rings (SSSR count). The highest BCUT2D eigenvalue weighted by Crippen LogP contribution is 2.25. The van der Waals surface area contributed by atoms with Gasteiger partial charge in [0, 0.05) is 5.57 Å². The first kappa shape index (κ1) is 11.6. The van der Waals surface area contributed by atoms with Gasteiger partial charge in [0.05, 0.1) is 0 Å². The molecule has 86 valence electrons. The first-order chi connectivity index (χ1) is 8.16. The third-order valence-corrected chi connectivity index (χ3v) is 2.90. The highest BCUT2D eigenvalue weighted by molar-refractivity contribution is 6.10. The van der Waals surface area contributed by atoms with E-state index in [1.807, 2.05) is 31.2 Å². The van der Waals surface area contributed by atoms with E-state index in [2.05, 4.69) is 24.8 Å². The Morgan fingerprint density at radius 3 is 2.53 bits per heavy atom. The Kier molecular flexibility index (Phi) is 3.38. The van der Waals surface area contributed by atoms with Gasteiger partial charge < -0.3 is 0 Å². The number of rotatable bonds is 2. The molecule has 0 spiro atoms. The second-order valence-corrected chi connectivity index (χ2v) is 4.40. The fourth-order valence-electron chi connectivity index (χ4n) is 2.01. The lowest BCUT2D eigenvalue weighted by molar-refractivity contribution is -0.111. The van der Waals surface area contributed by atoms with Gasteiger partial charge in [-0.05, 0) is 30.9 Å². The number of hydrogen-bond donors (Lipinski definition) is 0. The molecular weight excluding hydrogens is 208 g/mol. The van der Waals surface area contributed by atoms with E-state index in [1.165, 1.54) is 0 Å². The highest BCUT2D eigenvalue weighted by Gasteiger charge is 2.20. The van der Waals surface area contributed by atoms with Gasteiger partial charge in [0.15, 0.2) is 5.78 Å². The quantitative estimate of drug-likeness (QED) is 0.695. The van der Waals surface area contributed by atoms with Gasteiger partial charge in [0.25, 0.3) is 0 Å². The van der Waals surface area contributed by atoms with Crippen LogP contribution < -0.4 is 0 Å². The molecule has 0 N–H and O–H groups in total. The topological polar surface area (TPSA) is 17.1 Å². The molecule has 1 heteroatoms. The summed E-state index contributed by atoms with van der Waals surface area (Å²) in [6.07, 6.45) is 5.70. The van der Waals surface area contributed by atoms with Crippen molar-refractivity contribution in [2.45, 2.75) is 19.8 Å². The predicted molar refractivity (Wildman–Crippen MR) is 71.6 cm³/mol. The van der Waals surface area contributed by atoms with Crippen LogP contribution in [0.2, 0.25) is 0 Å². The van der Waals surface area contributed by atoms with Crippen LogP contribution in [0.4, 0.5) is 0 Å². The molecule has 1 aromatic rings. The molecule has 0 amide bonds. The fourth-order valence-corrected chi connectivity index (χ4v) is 2.01. The van der Waals surface area contributed by atoms with E-state index in [1.54, 1.807) is 0 Å². The van der Waals surface area contributed by atoms with Gasteiger partial charge in [-0.25, -0.2) is 0 Å². The summed E-state index contributed by atoms with van der Waals surface area (Å²) < 4.78 is 0. The van der Waals surface area contributed by atoms with Crippen LogP contribution in [-0.2, 0) is 4.79 Å². The number of hydrogen-bond acceptors (Lipinski definition) is 1. The second-order valence-electron chi connectivity index (χ2n) is 4.40. The van der Waals surface area contributed by atoms with Crippen molar-refractivity contribution in [2.24, 2.45) is 0 Å². The number of carbonyl (C=O) groups is 1. The second kappa shape index (κ2) is 4.96. The Morgan fingerprint density at radius 1 is 1.24 bits per heavy atom. The maximum atomic E-state index is 11.7. The lowest BCUT2D eigenvalue weighted by atomic mass is 10.1. The van der Waals surface area contributed by atoms with Gasteiger partial charge in [-0.1, -0.05) is 54.6 Å². The molecule has 1 aliphatic rings. The Labute approximate surface area is 102 Å². The molecular formula is C16H16O. The average molecular weight is 224 g/mol. The van der Waals surface area contributed by atoms with Crippen LogP contribution in [0.15, 0.2) is 59.7 Å². The first-order valence-corrected chi connectivity index (χ1v) is 5.83. The van der Waals surface area contributed by atoms with E-state index in [0.717, 1.165) is 35.1 Å². The molecule has 0 heterocycles. The van der Waals surface area contributed by atoms with E-state index in [4.69, 9.17) is 0 Å². The zero-order valence-corrected chi connectivity index (χ0v) is 10.1. The van der Waals surface area contributed by atoms with Crippen LogP contribution in [0.5, 0.6) is 0 Å². The molecule has 1 fully saturated rings. The molecule has 0 saturated heterocycles. The normalized spacial score (nSPS) is 19.1. The minimum absolute atomic E-state index is 0.130. The molecule has 0 unspecified atom stereocenters. The largest absolute Gasteiger partial charge is 0.289 e. The molecule has 0 radical (unpaired) electrons. The van der Waals surface area contributed by atoms with Crippen LogP contribution in [0.25, 0.3) is 6.08 Å². The SMILES string of the molecule is C=C1CCC(=CC(C)=Cc2ccccc2)C1=O. The summed E-state index contributed by atoms with van der Waals surface area (Å²) in [5, 5.41) is 0. The summed E-state index contributed by atoms with van der Waals surface area (Å²) in [5.41, 5.74) is 3.89. The number of Topliss-reactive ketones (excluding diaryl/α,β-unsaturated/α-hetero) is 1. The van der Waals surface area contributed by atoms with Crippen molar-refractivity contribution in [2.75, 3.05) is 0 Å². The number of benzene rings is 1. The highest BCUT2D eigenvalue weighted by atomic mass is 16.1. The average Bonchev–Trinajstić information content (AvgIpc) is 2.62. The molecule has 0 aliphatic heterocycles. The van der Waals surface area contributed by atoms with E-state index < -0.39 is 0 Å². The van der Waals surface area contributed by atoms with Crippen molar-refractivity contribution in [3.05, 3.63) is 65.3 Å². The number of allylic oxidation sites excluding steroid dienone is 4. The van der Waals surface area contributed by atoms with Gasteiger partial charge in [0.2, 0.25) is 0 Å². The molecule has 0 bridgehead atoms. The summed E-state index contributed by atoms with van der Waals surface area (Å²) in [5.74, 6) is 0.130. The fraction of sp³-hybridized carbons (Fsp3) is 0.188. The van der Waals surface area contributed by atoms with Gasteiger partial charge in [-0.2, -0.15) is 0 Å². The zero-order valence-electron chi connectivity index (χ0n) is 10.1. The van der Waals surface area contributed by atoms with Crippen LogP contribution in [-0.4, -0.2) is 5.78 Å². The van der Waals surface area contributed by atoms with Crippen LogP contribution >= 0.6 is 0 Å². The third kappa shape index (κ3) is 2.82. The molecule has 0 aromatic heterocycles.